The Morgan fingerprint density at radius 2 is 1.04 bits per heavy atom. The Labute approximate surface area is 290 Å². The van der Waals surface area contributed by atoms with Crippen molar-refractivity contribution in [1.82, 2.24) is 9.97 Å². The van der Waals surface area contributed by atoms with Crippen molar-refractivity contribution < 1.29 is 4.42 Å². The Hall–Kier alpha value is -6.32. The van der Waals surface area contributed by atoms with E-state index in [-0.39, 0.29) is 5.41 Å². The average Bonchev–Trinajstić information content (AvgIpc) is 3.66. The number of rotatable bonds is 4. The van der Waals surface area contributed by atoms with Crippen molar-refractivity contribution >= 4 is 32.7 Å². The predicted octanol–water partition coefficient (Wildman–Crippen LogP) is 12.5. The summed E-state index contributed by atoms with van der Waals surface area (Å²) in [6, 6.07) is 55.8. The van der Waals surface area contributed by atoms with Crippen LogP contribution in [0.15, 0.2) is 162 Å². The van der Waals surface area contributed by atoms with Gasteiger partial charge in [-0.3, -0.25) is 0 Å². The van der Waals surface area contributed by atoms with Gasteiger partial charge < -0.3 is 4.42 Å². The van der Waals surface area contributed by atoms with E-state index in [1.54, 1.807) is 0 Å². The molecule has 236 valence electrons. The van der Waals surface area contributed by atoms with E-state index in [1.165, 1.54) is 38.6 Å². The monoisotopic (exact) mass is 640 g/mol. The first-order valence-electron chi connectivity index (χ1n) is 17.2. The highest BCUT2D eigenvalue weighted by Crippen LogP contribution is 2.49. The van der Waals surface area contributed by atoms with Crippen molar-refractivity contribution in [3.63, 3.8) is 0 Å². The molecule has 0 unspecified atom stereocenters. The molecule has 9 aromatic rings. The van der Waals surface area contributed by atoms with Crippen LogP contribution in [0, 0.1) is 0 Å². The van der Waals surface area contributed by atoms with Crippen molar-refractivity contribution in [3.8, 4) is 56.2 Å². The topological polar surface area (TPSA) is 38.9 Å². The fraction of sp³-hybridized carbons (Fsp3) is 0.0638. The summed E-state index contributed by atoms with van der Waals surface area (Å²) in [7, 11) is 0. The summed E-state index contributed by atoms with van der Waals surface area (Å²) in [5, 5.41) is 4.60. The van der Waals surface area contributed by atoms with Crippen LogP contribution in [-0.4, -0.2) is 9.97 Å². The molecule has 1 aliphatic rings. The van der Waals surface area contributed by atoms with Crippen LogP contribution in [0.5, 0.6) is 0 Å². The fourth-order valence-electron chi connectivity index (χ4n) is 8.05. The van der Waals surface area contributed by atoms with Gasteiger partial charge in [0.15, 0.2) is 5.82 Å². The van der Waals surface area contributed by atoms with Gasteiger partial charge >= 0.3 is 0 Å². The van der Waals surface area contributed by atoms with Gasteiger partial charge in [-0.05, 0) is 68.4 Å². The third-order valence-electron chi connectivity index (χ3n) is 10.5. The summed E-state index contributed by atoms with van der Waals surface area (Å²) in [5.74, 6) is 0.688. The lowest BCUT2D eigenvalue weighted by Gasteiger charge is -2.22. The second kappa shape index (κ2) is 10.8. The highest BCUT2D eigenvalue weighted by molar-refractivity contribution is 6.09. The normalized spacial score (nSPS) is 13.2. The van der Waals surface area contributed by atoms with Gasteiger partial charge in [0.25, 0.3) is 0 Å². The molecule has 2 heterocycles. The number of benzene rings is 7. The van der Waals surface area contributed by atoms with Crippen molar-refractivity contribution in [2.45, 2.75) is 19.3 Å². The SMILES string of the molecule is CC1(C)c2ccccc2-c2ccc(-c3nc(-c4ccccc4-c4cccc5ccccc45)cc(-c4cccc5c4oc4ccccc45)n3)cc21. The number of fused-ring (bicyclic) bond motifs is 7. The summed E-state index contributed by atoms with van der Waals surface area (Å²) in [6.07, 6.45) is 0. The molecular weight excluding hydrogens is 609 g/mol. The molecule has 0 radical (unpaired) electrons. The highest BCUT2D eigenvalue weighted by Gasteiger charge is 2.35. The Kier molecular flexibility index (Phi) is 6.22. The molecule has 2 aromatic heterocycles. The van der Waals surface area contributed by atoms with Gasteiger partial charge in [0.05, 0.1) is 11.4 Å². The Morgan fingerprint density at radius 3 is 1.92 bits per heavy atom. The van der Waals surface area contributed by atoms with Gasteiger partial charge in [0.2, 0.25) is 0 Å². The lowest BCUT2D eigenvalue weighted by atomic mass is 9.82. The molecule has 3 heteroatoms. The van der Waals surface area contributed by atoms with E-state index in [4.69, 9.17) is 14.4 Å². The first-order chi connectivity index (χ1) is 24.5. The Balaban J connectivity index is 1.23. The first kappa shape index (κ1) is 28.7. The maximum atomic E-state index is 6.53. The van der Waals surface area contributed by atoms with Gasteiger partial charge in [0.1, 0.15) is 11.2 Å². The van der Waals surface area contributed by atoms with Crippen LogP contribution in [0.4, 0.5) is 0 Å². The van der Waals surface area contributed by atoms with E-state index in [2.05, 4.69) is 159 Å². The molecule has 0 saturated carbocycles. The molecule has 0 saturated heterocycles. The second-order valence-corrected chi connectivity index (χ2v) is 13.7. The van der Waals surface area contributed by atoms with E-state index >= 15 is 0 Å². The number of para-hydroxylation sites is 2. The van der Waals surface area contributed by atoms with Crippen molar-refractivity contribution in [2.75, 3.05) is 0 Å². The molecule has 3 nitrogen and oxygen atoms in total. The molecule has 0 spiro atoms. The zero-order valence-corrected chi connectivity index (χ0v) is 27.8. The minimum absolute atomic E-state index is 0.136. The average molecular weight is 641 g/mol. The molecule has 10 rings (SSSR count). The zero-order chi connectivity index (χ0) is 33.4. The molecule has 0 amide bonds. The predicted molar refractivity (Wildman–Crippen MR) is 206 cm³/mol. The van der Waals surface area contributed by atoms with Crippen LogP contribution in [0.3, 0.4) is 0 Å². The van der Waals surface area contributed by atoms with Crippen LogP contribution >= 0.6 is 0 Å². The standard InChI is InChI=1S/C47H32N2O/c1-47(2)40-23-9-7-17-34(40)35-26-25-30(27-41(35)47)46-48-42(36-18-6-5-16-33(36)32-20-11-14-29-13-3-4-15-31(29)32)28-43(49-46)39-22-12-21-38-37-19-8-10-24-44(37)50-45(38)39/h3-28H,1-2H3. The maximum absolute atomic E-state index is 6.53. The Morgan fingerprint density at radius 1 is 0.440 bits per heavy atom. The van der Waals surface area contributed by atoms with Gasteiger partial charge in [-0.1, -0.05) is 147 Å². The van der Waals surface area contributed by atoms with Crippen LogP contribution in [0.25, 0.3) is 88.9 Å². The van der Waals surface area contributed by atoms with Crippen LogP contribution < -0.4 is 0 Å². The van der Waals surface area contributed by atoms with E-state index in [9.17, 15) is 0 Å². The van der Waals surface area contributed by atoms with Gasteiger partial charge in [-0.2, -0.15) is 0 Å². The number of nitrogens with zero attached hydrogens (tertiary/aromatic N) is 2. The quantitative estimate of drug-likeness (QED) is 0.192. The minimum atomic E-state index is -0.136. The second-order valence-electron chi connectivity index (χ2n) is 13.7. The summed E-state index contributed by atoms with van der Waals surface area (Å²) < 4.78 is 6.53. The molecule has 50 heavy (non-hydrogen) atoms. The minimum Gasteiger partial charge on any atom is -0.455 e. The van der Waals surface area contributed by atoms with Crippen molar-refractivity contribution in [2.24, 2.45) is 0 Å². The van der Waals surface area contributed by atoms with E-state index in [0.29, 0.717) is 5.82 Å². The van der Waals surface area contributed by atoms with Crippen molar-refractivity contribution in [1.29, 1.82) is 0 Å². The maximum Gasteiger partial charge on any atom is 0.160 e. The molecule has 0 fully saturated rings. The summed E-state index contributed by atoms with van der Waals surface area (Å²) in [6.45, 7) is 4.62. The molecule has 0 atom stereocenters. The van der Waals surface area contributed by atoms with Gasteiger partial charge in [-0.25, -0.2) is 9.97 Å². The van der Waals surface area contributed by atoms with Gasteiger partial charge in [-0.15, -0.1) is 0 Å². The van der Waals surface area contributed by atoms with E-state index in [0.717, 1.165) is 55.6 Å². The van der Waals surface area contributed by atoms with Crippen LogP contribution in [0.1, 0.15) is 25.0 Å². The molecule has 0 bridgehead atoms. The van der Waals surface area contributed by atoms with Crippen LogP contribution in [0.2, 0.25) is 0 Å². The number of furan rings is 1. The lowest BCUT2D eigenvalue weighted by molar-refractivity contribution is 0.660. The molecule has 7 aromatic carbocycles. The third kappa shape index (κ3) is 4.30. The number of aromatic nitrogens is 2. The fourth-order valence-corrected chi connectivity index (χ4v) is 8.05. The van der Waals surface area contributed by atoms with E-state index < -0.39 is 0 Å². The number of hydrogen-bond donors (Lipinski definition) is 0. The third-order valence-corrected chi connectivity index (χ3v) is 10.5. The van der Waals surface area contributed by atoms with Crippen molar-refractivity contribution in [3.05, 3.63) is 169 Å². The summed E-state index contributed by atoms with van der Waals surface area (Å²) >= 11 is 0. The van der Waals surface area contributed by atoms with Crippen LogP contribution in [-0.2, 0) is 5.41 Å². The zero-order valence-electron chi connectivity index (χ0n) is 27.8. The lowest BCUT2D eigenvalue weighted by Crippen LogP contribution is -2.15. The highest BCUT2D eigenvalue weighted by atomic mass is 16.3. The first-order valence-corrected chi connectivity index (χ1v) is 17.2. The van der Waals surface area contributed by atoms with Gasteiger partial charge in [0, 0.05) is 32.9 Å². The largest absolute Gasteiger partial charge is 0.455 e. The molecule has 0 aliphatic heterocycles. The molecule has 1 aliphatic carbocycles. The summed E-state index contributed by atoms with van der Waals surface area (Å²) in [4.78, 5) is 10.7. The molecule has 0 N–H and O–H groups in total. The molecular formula is C47H32N2O. The number of hydrogen-bond acceptors (Lipinski definition) is 3. The summed E-state index contributed by atoms with van der Waals surface area (Å²) in [5.41, 5.74) is 13.8. The smallest absolute Gasteiger partial charge is 0.160 e. The van der Waals surface area contributed by atoms with E-state index in [1.807, 2.05) is 12.1 Å². The Bertz CT molecular complexity index is 2800.